The van der Waals surface area contributed by atoms with Crippen LogP contribution in [0.15, 0.2) is 53.5 Å². The average Bonchev–Trinajstić information content (AvgIpc) is 2.67. The van der Waals surface area contributed by atoms with Gasteiger partial charge < -0.3 is 0 Å². The van der Waals surface area contributed by atoms with Crippen molar-refractivity contribution >= 4 is 21.8 Å². The molecule has 0 spiro atoms. The molecule has 6 nitrogen and oxygen atoms in total. The second-order valence-electron chi connectivity index (χ2n) is 6.57. The third-order valence-corrected chi connectivity index (χ3v) is 6.69. The summed E-state index contributed by atoms with van der Waals surface area (Å²) in [6.45, 7) is 1.04. The smallest absolute Gasteiger partial charge is 0.253 e. The summed E-state index contributed by atoms with van der Waals surface area (Å²) in [5.41, 5.74) is 0. The molecule has 1 aromatic carbocycles. The van der Waals surface area contributed by atoms with Crippen LogP contribution in [-0.4, -0.2) is 49.1 Å². The maximum absolute atomic E-state index is 13.0. The first kappa shape index (κ1) is 19.4. The maximum atomic E-state index is 13.0. The number of hydrogen-bond acceptors (Lipinski definition) is 4. The van der Waals surface area contributed by atoms with E-state index in [1.807, 2.05) is 0 Å². The van der Waals surface area contributed by atoms with E-state index in [0.29, 0.717) is 38.9 Å². The summed E-state index contributed by atoms with van der Waals surface area (Å²) in [7, 11) is -3.64. The van der Waals surface area contributed by atoms with Gasteiger partial charge in [0.05, 0.1) is 4.90 Å². The van der Waals surface area contributed by atoms with Crippen molar-refractivity contribution in [2.45, 2.75) is 24.2 Å². The Balaban J connectivity index is 1.57. The Bertz CT molecular complexity index is 869. The zero-order valence-electron chi connectivity index (χ0n) is 14.8. The van der Waals surface area contributed by atoms with Gasteiger partial charge in [0.1, 0.15) is 5.82 Å². The standard InChI is InChI=1S/C19H21FN2O4S/c20-16-5-7-17(8-6-16)27(25,26)21-13-10-15(11-14-21)4-9-19(24)22-12-2-1-3-18(22)23/h1,3-9,15H,2,10-14H2/b9-4+. The summed E-state index contributed by atoms with van der Waals surface area (Å²) in [5.74, 6) is -1.06. The Labute approximate surface area is 158 Å². The van der Waals surface area contributed by atoms with Gasteiger partial charge >= 0.3 is 0 Å². The predicted octanol–water partition coefficient (Wildman–Crippen LogP) is 2.10. The molecule has 0 N–H and O–H groups in total. The van der Waals surface area contributed by atoms with Crippen LogP contribution in [0, 0.1) is 11.7 Å². The fraction of sp³-hybridized carbons (Fsp3) is 0.368. The van der Waals surface area contributed by atoms with Crippen LogP contribution < -0.4 is 0 Å². The molecule has 1 fully saturated rings. The highest BCUT2D eigenvalue weighted by molar-refractivity contribution is 7.89. The molecule has 2 amide bonds. The van der Waals surface area contributed by atoms with Crippen molar-refractivity contribution in [1.82, 2.24) is 9.21 Å². The summed E-state index contributed by atoms with van der Waals surface area (Å²) in [5, 5.41) is 0. The van der Waals surface area contributed by atoms with Crippen LogP contribution in [0.5, 0.6) is 0 Å². The highest BCUT2D eigenvalue weighted by Gasteiger charge is 2.29. The van der Waals surface area contributed by atoms with Crippen molar-refractivity contribution in [3.05, 3.63) is 54.4 Å². The molecule has 3 rings (SSSR count). The Morgan fingerprint density at radius 3 is 2.41 bits per heavy atom. The molecule has 0 atom stereocenters. The van der Waals surface area contributed by atoms with Gasteiger partial charge in [-0.1, -0.05) is 12.2 Å². The van der Waals surface area contributed by atoms with Crippen LogP contribution in [-0.2, 0) is 19.6 Å². The number of allylic oxidation sites excluding steroid dienone is 1. The average molecular weight is 392 g/mol. The van der Waals surface area contributed by atoms with Crippen molar-refractivity contribution in [1.29, 1.82) is 0 Å². The fourth-order valence-corrected chi connectivity index (χ4v) is 4.65. The molecule has 2 heterocycles. The molecule has 0 radical (unpaired) electrons. The first-order chi connectivity index (χ1) is 12.9. The van der Waals surface area contributed by atoms with Gasteiger partial charge in [-0.25, -0.2) is 12.8 Å². The van der Waals surface area contributed by atoms with E-state index >= 15 is 0 Å². The lowest BCUT2D eigenvalue weighted by atomic mass is 9.97. The van der Waals surface area contributed by atoms with Gasteiger partial charge in [0.2, 0.25) is 10.0 Å². The molecule has 2 aliphatic heterocycles. The Morgan fingerprint density at radius 2 is 1.78 bits per heavy atom. The molecule has 0 saturated carbocycles. The molecule has 0 aromatic heterocycles. The lowest BCUT2D eigenvalue weighted by Gasteiger charge is -2.30. The van der Waals surface area contributed by atoms with Crippen molar-refractivity contribution < 1.29 is 22.4 Å². The van der Waals surface area contributed by atoms with Gasteiger partial charge in [-0.15, -0.1) is 0 Å². The zero-order chi connectivity index (χ0) is 19.4. The number of halogens is 1. The molecule has 1 aromatic rings. The summed E-state index contributed by atoms with van der Waals surface area (Å²) < 4.78 is 39.6. The minimum absolute atomic E-state index is 0.0732. The van der Waals surface area contributed by atoms with Crippen molar-refractivity contribution in [3.63, 3.8) is 0 Å². The number of rotatable bonds is 4. The number of imide groups is 1. The third-order valence-electron chi connectivity index (χ3n) is 4.77. The summed E-state index contributed by atoms with van der Waals surface area (Å²) in [4.78, 5) is 25.1. The quantitative estimate of drug-likeness (QED) is 0.736. The maximum Gasteiger partial charge on any atom is 0.253 e. The van der Waals surface area contributed by atoms with Gasteiger partial charge in [0.15, 0.2) is 0 Å². The van der Waals surface area contributed by atoms with E-state index in [4.69, 9.17) is 0 Å². The van der Waals surface area contributed by atoms with E-state index < -0.39 is 15.8 Å². The predicted molar refractivity (Wildman–Crippen MR) is 97.5 cm³/mol. The summed E-state index contributed by atoms with van der Waals surface area (Å²) in [6, 6.07) is 4.79. The van der Waals surface area contributed by atoms with Crippen LogP contribution in [0.2, 0.25) is 0 Å². The molecule has 0 bridgehead atoms. The molecule has 144 valence electrons. The lowest BCUT2D eigenvalue weighted by Crippen LogP contribution is -2.38. The van der Waals surface area contributed by atoms with Crippen LogP contribution in [0.3, 0.4) is 0 Å². The number of carbonyl (C=O) groups excluding carboxylic acids is 2. The second kappa shape index (κ2) is 8.14. The van der Waals surface area contributed by atoms with E-state index in [1.165, 1.54) is 33.5 Å². The van der Waals surface area contributed by atoms with Gasteiger partial charge in [0.25, 0.3) is 11.8 Å². The van der Waals surface area contributed by atoms with E-state index in [2.05, 4.69) is 0 Å². The lowest BCUT2D eigenvalue weighted by molar-refractivity contribution is -0.139. The molecule has 1 saturated heterocycles. The van der Waals surface area contributed by atoms with E-state index in [-0.39, 0.29) is 22.6 Å². The number of hydrogen-bond donors (Lipinski definition) is 0. The van der Waals surface area contributed by atoms with Crippen LogP contribution >= 0.6 is 0 Å². The van der Waals surface area contributed by atoms with E-state index in [9.17, 15) is 22.4 Å². The van der Waals surface area contributed by atoms with Crippen LogP contribution in [0.1, 0.15) is 19.3 Å². The molecular formula is C19H21FN2O4S. The second-order valence-corrected chi connectivity index (χ2v) is 8.51. The Morgan fingerprint density at radius 1 is 1.11 bits per heavy atom. The largest absolute Gasteiger partial charge is 0.275 e. The first-order valence-corrected chi connectivity index (χ1v) is 10.3. The van der Waals surface area contributed by atoms with Gasteiger partial charge in [-0.2, -0.15) is 4.31 Å². The minimum atomic E-state index is -3.64. The van der Waals surface area contributed by atoms with E-state index in [1.54, 1.807) is 12.2 Å². The third kappa shape index (κ3) is 4.51. The van der Waals surface area contributed by atoms with Gasteiger partial charge in [0, 0.05) is 19.6 Å². The number of sulfonamides is 1. The summed E-state index contributed by atoms with van der Waals surface area (Å²) in [6.07, 6.45) is 8.13. The normalized spacial score (nSPS) is 19.7. The monoisotopic (exact) mass is 392 g/mol. The Kier molecular flexibility index (Phi) is 5.86. The highest BCUT2D eigenvalue weighted by atomic mass is 32.2. The Hall–Kier alpha value is -2.32. The molecule has 27 heavy (non-hydrogen) atoms. The number of carbonyl (C=O) groups is 2. The van der Waals surface area contributed by atoms with Crippen LogP contribution in [0.4, 0.5) is 4.39 Å². The van der Waals surface area contributed by atoms with Crippen LogP contribution in [0.25, 0.3) is 0 Å². The zero-order valence-corrected chi connectivity index (χ0v) is 15.6. The van der Waals surface area contributed by atoms with Crippen molar-refractivity contribution in [2.75, 3.05) is 19.6 Å². The minimum Gasteiger partial charge on any atom is -0.275 e. The summed E-state index contributed by atoms with van der Waals surface area (Å²) >= 11 is 0. The number of piperidine rings is 1. The van der Waals surface area contributed by atoms with Crippen molar-refractivity contribution in [3.8, 4) is 0 Å². The van der Waals surface area contributed by atoms with Gasteiger partial charge in [-0.05, 0) is 61.6 Å². The topological polar surface area (TPSA) is 74.8 Å². The number of nitrogens with zero attached hydrogens (tertiary/aromatic N) is 2. The highest BCUT2D eigenvalue weighted by Crippen LogP contribution is 2.24. The molecule has 2 aliphatic rings. The number of amides is 2. The molecule has 8 heteroatoms. The molecule has 0 aliphatic carbocycles. The fourth-order valence-electron chi connectivity index (χ4n) is 3.18. The number of benzene rings is 1. The molecular weight excluding hydrogens is 371 g/mol. The van der Waals surface area contributed by atoms with E-state index in [0.717, 1.165) is 12.1 Å². The molecule has 0 unspecified atom stereocenters. The SMILES string of the molecule is O=C1C=CCCN1C(=O)/C=C/C1CCN(S(=O)(=O)c2ccc(F)cc2)CC1. The first-order valence-electron chi connectivity index (χ1n) is 8.84. The van der Waals surface area contributed by atoms with Crippen molar-refractivity contribution in [2.24, 2.45) is 5.92 Å². The van der Waals surface area contributed by atoms with Gasteiger partial charge in [-0.3, -0.25) is 14.5 Å².